The molecule has 0 aromatic heterocycles. The van der Waals surface area contributed by atoms with Crippen molar-refractivity contribution in [3.8, 4) is 0 Å². The summed E-state index contributed by atoms with van der Waals surface area (Å²) in [6, 6.07) is 8.98. The molecule has 1 aromatic rings. The molecule has 1 N–H and O–H groups in total. The first-order valence-electron chi connectivity index (χ1n) is 7.63. The van der Waals surface area contributed by atoms with Gasteiger partial charge in [-0.1, -0.05) is 29.8 Å². The zero-order valence-corrected chi connectivity index (χ0v) is 13.3. The molecule has 0 radical (unpaired) electrons. The van der Waals surface area contributed by atoms with Gasteiger partial charge in [0.25, 0.3) is 0 Å². The van der Waals surface area contributed by atoms with E-state index in [0.717, 1.165) is 25.9 Å². The van der Waals surface area contributed by atoms with Crippen LogP contribution in [0.25, 0.3) is 0 Å². The largest absolute Gasteiger partial charge is 0.342 e. The van der Waals surface area contributed by atoms with Gasteiger partial charge in [0.1, 0.15) is 0 Å². The summed E-state index contributed by atoms with van der Waals surface area (Å²) in [6.07, 6.45) is 2.10. The predicted molar refractivity (Wildman–Crippen MR) is 84.9 cm³/mol. The average molecular weight is 276 g/mol. The molecule has 1 unspecified atom stereocenters. The molecule has 0 aliphatic carbocycles. The SMILES string of the molecule is CCN(CC)C(=O)CNC(C)CCc1cccc(C)c1. The molecule has 0 saturated carbocycles. The Labute approximate surface area is 123 Å². The van der Waals surface area contributed by atoms with E-state index in [1.807, 2.05) is 18.7 Å². The molecule has 112 valence electrons. The van der Waals surface area contributed by atoms with Crippen LogP contribution in [0.4, 0.5) is 0 Å². The lowest BCUT2D eigenvalue weighted by Crippen LogP contribution is -2.40. The highest BCUT2D eigenvalue weighted by atomic mass is 16.2. The molecule has 1 amide bonds. The molecule has 0 aliphatic heterocycles. The second-order valence-corrected chi connectivity index (χ2v) is 5.38. The molecular weight excluding hydrogens is 248 g/mol. The number of carbonyl (C=O) groups excluding carboxylic acids is 1. The molecule has 1 aromatic carbocycles. The van der Waals surface area contributed by atoms with Gasteiger partial charge in [-0.2, -0.15) is 0 Å². The van der Waals surface area contributed by atoms with Crippen LogP contribution in [0, 0.1) is 6.92 Å². The van der Waals surface area contributed by atoms with Crippen molar-refractivity contribution in [1.82, 2.24) is 10.2 Å². The van der Waals surface area contributed by atoms with Gasteiger partial charge >= 0.3 is 0 Å². The number of rotatable bonds is 8. The lowest BCUT2D eigenvalue weighted by molar-refractivity contribution is -0.129. The van der Waals surface area contributed by atoms with Gasteiger partial charge in [-0.15, -0.1) is 0 Å². The summed E-state index contributed by atoms with van der Waals surface area (Å²) in [4.78, 5) is 13.8. The maximum absolute atomic E-state index is 11.9. The smallest absolute Gasteiger partial charge is 0.236 e. The average Bonchev–Trinajstić information content (AvgIpc) is 2.44. The fourth-order valence-electron chi connectivity index (χ4n) is 2.30. The van der Waals surface area contributed by atoms with Gasteiger partial charge in [0.05, 0.1) is 6.54 Å². The summed E-state index contributed by atoms with van der Waals surface area (Å²) in [5, 5.41) is 3.33. The quantitative estimate of drug-likeness (QED) is 0.792. The highest BCUT2D eigenvalue weighted by molar-refractivity contribution is 5.78. The van der Waals surface area contributed by atoms with E-state index in [0.29, 0.717) is 12.6 Å². The van der Waals surface area contributed by atoms with Crippen molar-refractivity contribution in [1.29, 1.82) is 0 Å². The van der Waals surface area contributed by atoms with Gasteiger partial charge in [0, 0.05) is 19.1 Å². The number of likely N-dealkylation sites (N-methyl/N-ethyl adjacent to an activating group) is 1. The minimum Gasteiger partial charge on any atom is -0.342 e. The number of benzene rings is 1. The van der Waals surface area contributed by atoms with Gasteiger partial charge in [0.2, 0.25) is 5.91 Å². The van der Waals surface area contributed by atoms with Crippen LogP contribution < -0.4 is 5.32 Å². The van der Waals surface area contributed by atoms with E-state index >= 15 is 0 Å². The summed E-state index contributed by atoms with van der Waals surface area (Å²) in [5.41, 5.74) is 2.67. The molecule has 1 rings (SSSR count). The van der Waals surface area contributed by atoms with Crippen molar-refractivity contribution in [2.75, 3.05) is 19.6 Å². The Morgan fingerprint density at radius 3 is 2.60 bits per heavy atom. The van der Waals surface area contributed by atoms with Crippen LogP contribution >= 0.6 is 0 Å². The zero-order valence-electron chi connectivity index (χ0n) is 13.3. The first-order valence-corrected chi connectivity index (χ1v) is 7.63. The molecule has 20 heavy (non-hydrogen) atoms. The fraction of sp³-hybridized carbons (Fsp3) is 0.588. The molecule has 0 spiro atoms. The Hall–Kier alpha value is -1.35. The van der Waals surface area contributed by atoms with Crippen LogP contribution in [0.15, 0.2) is 24.3 Å². The van der Waals surface area contributed by atoms with Gasteiger partial charge in [0.15, 0.2) is 0 Å². The normalized spacial score (nSPS) is 12.2. The van der Waals surface area contributed by atoms with E-state index < -0.39 is 0 Å². The lowest BCUT2D eigenvalue weighted by atomic mass is 10.0. The van der Waals surface area contributed by atoms with Crippen LogP contribution in [0.1, 0.15) is 38.3 Å². The van der Waals surface area contributed by atoms with Crippen molar-refractivity contribution < 1.29 is 4.79 Å². The number of nitrogens with zero attached hydrogens (tertiary/aromatic N) is 1. The molecule has 1 atom stereocenters. The Balaban J connectivity index is 2.30. The van der Waals surface area contributed by atoms with Gasteiger partial charge in [-0.05, 0) is 46.1 Å². The number of nitrogens with one attached hydrogen (secondary N) is 1. The summed E-state index contributed by atoms with van der Waals surface area (Å²) >= 11 is 0. The number of hydrogen-bond acceptors (Lipinski definition) is 2. The summed E-state index contributed by atoms with van der Waals surface area (Å²) in [5.74, 6) is 0.192. The minimum absolute atomic E-state index is 0.192. The van der Waals surface area contributed by atoms with Crippen LogP contribution in [-0.2, 0) is 11.2 Å². The second kappa shape index (κ2) is 8.75. The van der Waals surface area contributed by atoms with E-state index in [-0.39, 0.29) is 5.91 Å². The number of amides is 1. The summed E-state index contributed by atoms with van der Waals surface area (Å²) in [7, 11) is 0. The molecule has 0 heterocycles. The van der Waals surface area contributed by atoms with Crippen LogP contribution in [0.5, 0.6) is 0 Å². The molecule has 0 aliphatic rings. The Morgan fingerprint density at radius 1 is 1.30 bits per heavy atom. The third-order valence-electron chi connectivity index (χ3n) is 3.67. The van der Waals surface area contributed by atoms with Crippen LogP contribution in [0.3, 0.4) is 0 Å². The standard InChI is InChI=1S/C17H28N2O/c1-5-19(6-2)17(20)13-18-15(4)10-11-16-9-7-8-14(3)12-16/h7-9,12,15,18H,5-6,10-11,13H2,1-4H3. The second-order valence-electron chi connectivity index (χ2n) is 5.38. The number of carbonyl (C=O) groups is 1. The predicted octanol–water partition coefficient (Wildman–Crippen LogP) is 2.77. The highest BCUT2D eigenvalue weighted by Crippen LogP contribution is 2.08. The Bertz CT molecular complexity index is 413. The van der Waals surface area contributed by atoms with Gasteiger partial charge in [-0.3, -0.25) is 4.79 Å². The Morgan fingerprint density at radius 2 is 2.00 bits per heavy atom. The van der Waals surface area contributed by atoms with Crippen LogP contribution in [0.2, 0.25) is 0 Å². The molecule has 0 saturated heterocycles. The minimum atomic E-state index is 0.192. The lowest BCUT2D eigenvalue weighted by Gasteiger charge is -2.20. The third-order valence-corrected chi connectivity index (χ3v) is 3.67. The van der Waals surface area contributed by atoms with Crippen molar-refractivity contribution in [3.63, 3.8) is 0 Å². The summed E-state index contributed by atoms with van der Waals surface area (Å²) in [6.45, 7) is 10.3. The van der Waals surface area contributed by atoms with E-state index in [2.05, 4.69) is 43.4 Å². The highest BCUT2D eigenvalue weighted by Gasteiger charge is 2.10. The topological polar surface area (TPSA) is 32.3 Å². The number of aryl methyl sites for hydroxylation is 2. The molecule has 0 fully saturated rings. The van der Waals surface area contributed by atoms with E-state index in [1.165, 1.54) is 11.1 Å². The first-order chi connectivity index (χ1) is 9.56. The van der Waals surface area contributed by atoms with E-state index in [4.69, 9.17) is 0 Å². The van der Waals surface area contributed by atoms with Crippen molar-refractivity contribution >= 4 is 5.91 Å². The van der Waals surface area contributed by atoms with Crippen LogP contribution in [-0.4, -0.2) is 36.5 Å². The monoisotopic (exact) mass is 276 g/mol. The van der Waals surface area contributed by atoms with Gasteiger partial charge < -0.3 is 10.2 Å². The zero-order chi connectivity index (χ0) is 15.0. The molecule has 0 bridgehead atoms. The fourth-order valence-corrected chi connectivity index (χ4v) is 2.30. The third kappa shape index (κ3) is 5.74. The summed E-state index contributed by atoms with van der Waals surface area (Å²) < 4.78 is 0. The Kier molecular flexibility index (Phi) is 7.31. The van der Waals surface area contributed by atoms with Crippen molar-refractivity contribution in [2.45, 2.75) is 46.6 Å². The van der Waals surface area contributed by atoms with Crippen molar-refractivity contribution in [3.05, 3.63) is 35.4 Å². The first kappa shape index (κ1) is 16.7. The molecule has 3 nitrogen and oxygen atoms in total. The maximum Gasteiger partial charge on any atom is 0.236 e. The van der Waals surface area contributed by atoms with Crippen molar-refractivity contribution in [2.24, 2.45) is 0 Å². The number of hydrogen-bond donors (Lipinski definition) is 1. The molecule has 3 heteroatoms. The van der Waals surface area contributed by atoms with E-state index in [9.17, 15) is 4.79 Å². The van der Waals surface area contributed by atoms with Gasteiger partial charge in [-0.25, -0.2) is 0 Å². The maximum atomic E-state index is 11.9. The van der Waals surface area contributed by atoms with E-state index in [1.54, 1.807) is 0 Å². The molecular formula is C17H28N2O.